The second kappa shape index (κ2) is 9.44. The molecular formula is C13H20N2O3. The molecule has 0 aliphatic rings. The fourth-order valence-electron chi connectivity index (χ4n) is 1.45. The van der Waals surface area contributed by atoms with Gasteiger partial charge >= 0.3 is 6.09 Å². The summed E-state index contributed by atoms with van der Waals surface area (Å²) >= 11 is 0. The van der Waals surface area contributed by atoms with Crippen molar-refractivity contribution in [2.45, 2.75) is 25.9 Å². The van der Waals surface area contributed by atoms with Crippen LogP contribution in [0.25, 0.3) is 0 Å². The maximum Gasteiger partial charge on any atom is 0.407 e. The summed E-state index contributed by atoms with van der Waals surface area (Å²) < 4.78 is 5.06. The smallest absolute Gasteiger partial charge is 0.407 e. The second-order valence-electron chi connectivity index (χ2n) is 3.92. The van der Waals surface area contributed by atoms with Gasteiger partial charge in [-0.1, -0.05) is 30.3 Å². The molecule has 0 unspecified atom stereocenters. The fraction of sp³-hybridized carbons (Fsp3) is 0.462. The minimum absolute atomic E-state index is 0.299. The molecule has 0 fully saturated rings. The highest BCUT2D eigenvalue weighted by Crippen LogP contribution is 2.00. The second-order valence-corrected chi connectivity index (χ2v) is 3.92. The standard InChI is InChI=1S/C13H20N2O3/c14-18-10-6-2-5-9-15-13(16)17-11-12-7-3-1-4-8-12/h1,3-4,7-8H,2,5-6,9-11,14H2,(H,15,16). The fourth-order valence-corrected chi connectivity index (χ4v) is 1.45. The third-order valence-electron chi connectivity index (χ3n) is 2.42. The van der Waals surface area contributed by atoms with Gasteiger partial charge < -0.3 is 14.9 Å². The van der Waals surface area contributed by atoms with Gasteiger partial charge in [0.1, 0.15) is 6.61 Å². The number of nitrogens with two attached hydrogens (primary N) is 1. The third-order valence-corrected chi connectivity index (χ3v) is 2.42. The molecule has 0 saturated carbocycles. The molecule has 1 aromatic rings. The Morgan fingerprint density at radius 3 is 2.67 bits per heavy atom. The zero-order valence-corrected chi connectivity index (χ0v) is 10.4. The number of alkyl carbamates (subject to hydrolysis) is 1. The van der Waals surface area contributed by atoms with Gasteiger partial charge in [0.2, 0.25) is 0 Å². The number of unbranched alkanes of at least 4 members (excludes halogenated alkanes) is 2. The van der Waals surface area contributed by atoms with Crippen LogP contribution in [0.15, 0.2) is 30.3 Å². The van der Waals surface area contributed by atoms with Crippen LogP contribution in [0.3, 0.4) is 0 Å². The molecule has 1 rings (SSSR count). The zero-order valence-electron chi connectivity index (χ0n) is 10.4. The van der Waals surface area contributed by atoms with Crippen molar-refractivity contribution in [2.75, 3.05) is 13.2 Å². The molecule has 3 N–H and O–H groups in total. The molecule has 0 aromatic heterocycles. The molecule has 1 aromatic carbocycles. The summed E-state index contributed by atoms with van der Waals surface area (Å²) in [5.41, 5.74) is 0.979. The van der Waals surface area contributed by atoms with E-state index >= 15 is 0 Å². The number of rotatable bonds is 8. The van der Waals surface area contributed by atoms with Crippen LogP contribution in [-0.2, 0) is 16.2 Å². The van der Waals surface area contributed by atoms with Gasteiger partial charge in [-0.2, -0.15) is 0 Å². The van der Waals surface area contributed by atoms with E-state index in [1.54, 1.807) is 0 Å². The van der Waals surface area contributed by atoms with Gasteiger partial charge in [-0.3, -0.25) is 0 Å². The maximum absolute atomic E-state index is 11.3. The molecule has 1 amide bonds. The minimum atomic E-state index is -0.381. The summed E-state index contributed by atoms with van der Waals surface area (Å²) in [6, 6.07) is 9.58. The van der Waals surface area contributed by atoms with Crippen molar-refractivity contribution in [3.05, 3.63) is 35.9 Å². The van der Waals surface area contributed by atoms with E-state index in [9.17, 15) is 4.79 Å². The lowest BCUT2D eigenvalue weighted by Gasteiger charge is -2.06. The molecule has 5 heteroatoms. The molecule has 0 radical (unpaired) electrons. The monoisotopic (exact) mass is 252 g/mol. The number of benzene rings is 1. The molecule has 0 atom stereocenters. The van der Waals surface area contributed by atoms with Gasteiger partial charge in [-0.25, -0.2) is 10.7 Å². The zero-order chi connectivity index (χ0) is 13.1. The highest BCUT2D eigenvalue weighted by Gasteiger charge is 2.01. The van der Waals surface area contributed by atoms with Crippen molar-refractivity contribution >= 4 is 6.09 Å². The lowest BCUT2D eigenvalue weighted by atomic mass is 10.2. The number of nitrogens with one attached hydrogen (secondary N) is 1. The molecule has 5 nitrogen and oxygen atoms in total. The highest BCUT2D eigenvalue weighted by molar-refractivity contribution is 5.67. The van der Waals surface area contributed by atoms with Crippen LogP contribution in [0.4, 0.5) is 4.79 Å². The minimum Gasteiger partial charge on any atom is -0.445 e. The molecule has 0 aliphatic heterocycles. The lowest BCUT2D eigenvalue weighted by Crippen LogP contribution is -2.25. The van der Waals surface area contributed by atoms with E-state index in [4.69, 9.17) is 10.6 Å². The van der Waals surface area contributed by atoms with Crippen LogP contribution in [0, 0.1) is 0 Å². The van der Waals surface area contributed by atoms with Crippen LogP contribution in [0.2, 0.25) is 0 Å². The average Bonchev–Trinajstić information content (AvgIpc) is 2.41. The Bertz CT molecular complexity index is 330. The van der Waals surface area contributed by atoms with Crippen molar-refractivity contribution in [1.29, 1.82) is 0 Å². The summed E-state index contributed by atoms with van der Waals surface area (Å²) in [5.74, 6) is 4.90. The first-order valence-corrected chi connectivity index (χ1v) is 6.09. The molecule has 0 bridgehead atoms. The van der Waals surface area contributed by atoms with Crippen molar-refractivity contribution in [2.24, 2.45) is 5.90 Å². The molecule has 0 aliphatic carbocycles. The van der Waals surface area contributed by atoms with Crippen LogP contribution in [0.1, 0.15) is 24.8 Å². The molecule has 0 heterocycles. The predicted octanol–water partition coefficient (Wildman–Crippen LogP) is 1.97. The first-order valence-electron chi connectivity index (χ1n) is 6.09. The summed E-state index contributed by atoms with van der Waals surface area (Å²) in [4.78, 5) is 15.8. The highest BCUT2D eigenvalue weighted by atomic mass is 16.6. The number of carbonyl (C=O) groups excluding carboxylic acids is 1. The maximum atomic E-state index is 11.3. The van der Waals surface area contributed by atoms with E-state index in [1.165, 1.54) is 0 Å². The van der Waals surface area contributed by atoms with Gasteiger partial charge in [0.05, 0.1) is 6.61 Å². The largest absolute Gasteiger partial charge is 0.445 e. The number of hydrogen-bond donors (Lipinski definition) is 2. The average molecular weight is 252 g/mol. The van der Waals surface area contributed by atoms with E-state index in [1.807, 2.05) is 30.3 Å². The van der Waals surface area contributed by atoms with Crippen molar-refractivity contribution < 1.29 is 14.4 Å². The molecule has 100 valence electrons. The lowest BCUT2D eigenvalue weighted by molar-refractivity contribution is 0.132. The third kappa shape index (κ3) is 6.88. The Labute approximate surface area is 107 Å². The first kappa shape index (κ1) is 14.5. The van der Waals surface area contributed by atoms with Crippen LogP contribution in [0.5, 0.6) is 0 Å². The van der Waals surface area contributed by atoms with E-state index in [0.29, 0.717) is 19.8 Å². The van der Waals surface area contributed by atoms with Crippen LogP contribution < -0.4 is 11.2 Å². The predicted molar refractivity (Wildman–Crippen MR) is 68.6 cm³/mol. The summed E-state index contributed by atoms with van der Waals surface area (Å²) in [7, 11) is 0. The number of ether oxygens (including phenoxy) is 1. The van der Waals surface area contributed by atoms with E-state index in [-0.39, 0.29) is 6.09 Å². The topological polar surface area (TPSA) is 73.6 Å². The van der Waals surface area contributed by atoms with Gasteiger partial charge in [0, 0.05) is 6.54 Å². The van der Waals surface area contributed by atoms with Gasteiger partial charge in [-0.05, 0) is 24.8 Å². The quantitative estimate of drug-likeness (QED) is 0.548. The molecule has 0 spiro atoms. The van der Waals surface area contributed by atoms with Crippen LogP contribution in [-0.4, -0.2) is 19.2 Å². The Morgan fingerprint density at radius 1 is 1.17 bits per heavy atom. The Balaban J connectivity index is 2.01. The van der Waals surface area contributed by atoms with Gasteiger partial charge in [0.25, 0.3) is 0 Å². The van der Waals surface area contributed by atoms with Crippen molar-refractivity contribution in [3.8, 4) is 0 Å². The van der Waals surface area contributed by atoms with Crippen molar-refractivity contribution in [1.82, 2.24) is 5.32 Å². The Morgan fingerprint density at radius 2 is 1.94 bits per heavy atom. The molecular weight excluding hydrogens is 232 g/mol. The van der Waals surface area contributed by atoms with Crippen LogP contribution >= 0.6 is 0 Å². The van der Waals surface area contributed by atoms with Gasteiger partial charge in [-0.15, -0.1) is 0 Å². The van der Waals surface area contributed by atoms with E-state index < -0.39 is 0 Å². The number of carbonyl (C=O) groups is 1. The van der Waals surface area contributed by atoms with Crippen molar-refractivity contribution in [3.63, 3.8) is 0 Å². The first-order chi connectivity index (χ1) is 8.83. The van der Waals surface area contributed by atoms with Gasteiger partial charge in [0.15, 0.2) is 0 Å². The van der Waals surface area contributed by atoms with E-state index in [2.05, 4.69) is 10.2 Å². The molecule has 0 saturated heterocycles. The summed E-state index contributed by atoms with van der Waals surface area (Å²) in [6.45, 7) is 1.46. The number of hydrogen-bond acceptors (Lipinski definition) is 4. The summed E-state index contributed by atoms with van der Waals surface area (Å²) in [5, 5.41) is 2.70. The normalized spacial score (nSPS) is 10.1. The Hall–Kier alpha value is -1.59. The SMILES string of the molecule is NOCCCCCNC(=O)OCc1ccccc1. The van der Waals surface area contributed by atoms with E-state index in [0.717, 1.165) is 24.8 Å². The summed E-state index contributed by atoms with van der Waals surface area (Å²) in [6.07, 6.45) is 2.38. The molecule has 18 heavy (non-hydrogen) atoms. The Kier molecular flexibility index (Phi) is 7.59. The number of amides is 1.